The summed E-state index contributed by atoms with van der Waals surface area (Å²) in [7, 11) is 0. The number of morpholine rings is 1. The van der Waals surface area contributed by atoms with Crippen molar-refractivity contribution in [3.63, 3.8) is 0 Å². The first-order valence-electron chi connectivity index (χ1n) is 5.60. The molecule has 0 amide bonds. The molecule has 2 rings (SSSR count). The van der Waals surface area contributed by atoms with Gasteiger partial charge in [-0.1, -0.05) is 6.92 Å². The summed E-state index contributed by atoms with van der Waals surface area (Å²) in [5.41, 5.74) is 1.47. The van der Waals surface area contributed by atoms with Crippen molar-refractivity contribution in [2.24, 2.45) is 0 Å². The number of phenolic OH excluding ortho intramolecular Hbond substituents is 2. The van der Waals surface area contributed by atoms with Crippen LogP contribution in [-0.2, 0) is 11.2 Å². The van der Waals surface area contributed by atoms with Crippen molar-refractivity contribution in [1.29, 1.82) is 0 Å². The van der Waals surface area contributed by atoms with E-state index in [1.165, 1.54) is 0 Å². The highest BCUT2D eigenvalue weighted by molar-refractivity contribution is 5.68. The zero-order chi connectivity index (χ0) is 11.5. The molecule has 1 aromatic rings. The first-order chi connectivity index (χ1) is 7.72. The molecule has 4 nitrogen and oxygen atoms in total. The van der Waals surface area contributed by atoms with E-state index < -0.39 is 0 Å². The SMILES string of the molecule is CCc1cc(O)c(N2CCOCC2)c(O)c1. The monoisotopic (exact) mass is 223 g/mol. The predicted octanol–water partition coefficient (Wildman–Crippen LogP) is 1.50. The van der Waals surface area contributed by atoms with Crippen molar-refractivity contribution >= 4 is 5.69 Å². The van der Waals surface area contributed by atoms with Gasteiger partial charge in [0.15, 0.2) is 0 Å². The van der Waals surface area contributed by atoms with Crippen molar-refractivity contribution in [2.45, 2.75) is 13.3 Å². The summed E-state index contributed by atoms with van der Waals surface area (Å²) in [6, 6.07) is 3.43. The molecule has 1 heterocycles. The maximum absolute atomic E-state index is 9.91. The van der Waals surface area contributed by atoms with Gasteiger partial charge >= 0.3 is 0 Å². The molecular formula is C12H17NO3. The average Bonchev–Trinajstić information content (AvgIpc) is 2.29. The van der Waals surface area contributed by atoms with Crippen LogP contribution in [0.2, 0.25) is 0 Å². The number of rotatable bonds is 2. The molecule has 1 aromatic carbocycles. The second kappa shape index (κ2) is 4.61. The Hall–Kier alpha value is -1.42. The van der Waals surface area contributed by atoms with Crippen LogP contribution in [0.1, 0.15) is 12.5 Å². The third-order valence-electron chi connectivity index (χ3n) is 2.87. The van der Waals surface area contributed by atoms with Crippen molar-refractivity contribution in [3.8, 4) is 11.5 Å². The minimum Gasteiger partial charge on any atom is -0.506 e. The fourth-order valence-electron chi connectivity index (χ4n) is 1.98. The lowest BCUT2D eigenvalue weighted by Crippen LogP contribution is -2.36. The quantitative estimate of drug-likeness (QED) is 0.797. The predicted molar refractivity (Wildman–Crippen MR) is 62.2 cm³/mol. The summed E-state index contributed by atoms with van der Waals surface area (Å²) in [5, 5.41) is 19.8. The Labute approximate surface area is 95.1 Å². The summed E-state index contributed by atoms with van der Waals surface area (Å²) in [4.78, 5) is 1.95. The van der Waals surface area contributed by atoms with Gasteiger partial charge in [0, 0.05) is 13.1 Å². The van der Waals surface area contributed by atoms with Crippen LogP contribution in [0.3, 0.4) is 0 Å². The fraction of sp³-hybridized carbons (Fsp3) is 0.500. The number of hydrogen-bond acceptors (Lipinski definition) is 4. The Morgan fingerprint density at radius 1 is 1.19 bits per heavy atom. The van der Waals surface area contributed by atoms with Crippen LogP contribution in [0.15, 0.2) is 12.1 Å². The van der Waals surface area contributed by atoms with E-state index in [1.807, 2.05) is 11.8 Å². The van der Waals surface area contributed by atoms with Gasteiger partial charge in [0.2, 0.25) is 0 Å². The largest absolute Gasteiger partial charge is 0.506 e. The number of hydrogen-bond donors (Lipinski definition) is 2. The van der Waals surface area contributed by atoms with E-state index in [4.69, 9.17) is 4.74 Å². The number of nitrogens with zero attached hydrogens (tertiary/aromatic N) is 1. The molecule has 0 spiro atoms. The lowest BCUT2D eigenvalue weighted by Gasteiger charge is -2.30. The number of benzene rings is 1. The van der Waals surface area contributed by atoms with E-state index in [2.05, 4.69) is 0 Å². The maximum atomic E-state index is 9.91. The number of aryl methyl sites for hydroxylation is 1. The lowest BCUT2D eigenvalue weighted by molar-refractivity contribution is 0.122. The number of phenols is 2. The van der Waals surface area contributed by atoms with Crippen molar-refractivity contribution in [1.82, 2.24) is 0 Å². The van der Waals surface area contributed by atoms with Gasteiger partial charge < -0.3 is 19.8 Å². The Kier molecular flexibility index (Phi) is 3.19. The topological polar surface area (TPSA) is 52.9 Å². The summed E-state index contributed by atoms with van der Waals surface area (Å²) < 4.78 is 5.24. The molecular weight excluding hydrogens is 206 g/mol. The van der Waals surface area contributed by atoms with Crippen LogP contribution in [0, 0.1) is 0 Å². The van der Waals surface area contributed by atoms with E-state index in [0.29, 0.717) is 32.0 Å². The average molecular weight is 223 g/mol. The molecule has 0 radical (unpaired) electrons. The van der Waals surface area contributed by atoms with Crippen LogP contribution in [0.25, 0.3) is 0 Å². The van der Waals surface area contributed by atoms with Crippen molar-refractivity contribution in [3.05, 3.63) is 17.7 Å². The third kappa shape index (κ3) is 2.07. The summed E-state index contributed by atoms with van der Waals surface area (Å²) in [6.07, 6.45) is 0.796. The van der Waals surface area contributed by atoms with Gasteiger partial charge in [0.1, 0.15) is 17.2 Å². The van der Waals surface area contributed by atoms with Crippen LogP contribution >= 0.6 is 0 Å². The fourth-order valence-corrected chi connectivity index (χ4v) is 1.98. The molecule has 1 fully saturated rings. The second-order valence-electron chi connectivity index (χ2n) is 3.94. The minimum atomic E-state index is 0.152. The lowest BCUT2D eigenvalue weighted by atomic mass is 10.1. The standard InChI is InChI=1S/C12H17NO3/c1-2-9-7-10(14)12(11(15)8-9)13-3-5-16-6-4-13/h7-8,14-15H,2-6H2,1H3. The van der Waals surface area contributed by atoms with Gasteiger partial charge in [-0.25, -0.2) is 0 Å². The van der Waals surface area contributed by atoms with Gasteiger partial charge in [-0.05, 0) is 24.1 Å². The zero-order valence-electron chi connectivity index (χ0n) is 9.44. The van der Waals surface area contributed by atoms with Gasteiger partial charge in [0.05, 0.1) is 13.2 Å². The van der Waals surface area contributed by atoms with Gasteiger partial charge in [0.25, 0.3) is 0 Å². The Balaban J connectivity index is 2.32. The van der Waals surface area contributed by atoms with Gasteiger partial charge in [-0.2, -0.15) is 0 Å². The molecule has 0 aromatic heterocycles. The molecule has 2 N–H and O–H groups in total. The third-order valence-corrected chi connectivity index (χ3v) is 2.87. The normalized spacial score (nSPS) is 16.4. The van der Waals surface area contributed by atoms with Crippen LogP contribution in [0.4, 0.5) is 5.69 Å². The highest BCUT2D eigenvalue weighted by Crippen LogP contribution is 2.38. The van der Waals surface area contributed by atoms with Crippen LogP contribution in [0.5, 0.6) is 11.5 Å². The molecule has 4 heteroatoms. The smallest absolute Gasteiger partial charge is 0.142 e. The second-order valence-corrected chi connectivity index (χ2v) is 3.94. The molecule has 1 aliphatic rings. The zero-order valence-corrected chi connectivity index (χ0v) is 9.44. The van der Waals surface area contributed by atoms with Crippen molar-refractivity contribution < 1.29 is 14.9 Å². The van der Waals surface area contributed by atoms with Gasteiger partial charge in [-0.3, -0.25) is 0 Å². The summed E-state index contributed by atoms with van der Waals surface area (Å²) >= 11 is 0. The minimum absolute atomic E-state index is 0.152. The summed E-state index contributed by atoms with van der Waals surface area (Å²) in [6.45, 7) is 4.66. The Morgan fingerprint density at radius 3 is 2.25 bits per heavy atom. The van der Waals surface area contributed by atoms with E-state index in [9.17, 15) is 10.2 Å². The number of anilines is 1. The van der Waals surface area contributed by atoms with Gasteiger partial charge in [-0.15, -0.1) is 0 Å². The first-order valence-corrected chi connectivity index (χ1v) is 5.60. The molecule has 0 saturated carbocycles. The maximum Gasteiger partial charge on any atom is 0.142 e. The summed E-state index contributed by atoms with van der Waals surface area (Å²) in [5.74, 6) is 0.303. The van der Waals surface area contributed by atoms with E-state index in [0.717, 1.165) is 12.0 Å². The van der Waals surface area contributed by atoms with Crippen LogP contribution < -0.4 is 4.90 Å². The highest BCUT2D eigenvalue weighted by atomic mass is 16.5. The van der Waals surface area contributed by atoms with E-state index in [1.54, 1.807) is 12.1 Å². The van der Waals surface area contributed by atoms with E-state index in [-0.39, 0.29) is 11.5 Å². The number of aromatic hydroxyl groups is 2. The van der Waals surface area contributed by atoms with E-state index >= 15 is 0 Å². The molecule has 1 aliphatic heterocycles. The molecule has 0 aliphatic carbocycles. The molecule has 0 unspecified atom stereocenters. The first kappa shape index (κ1) is 11.1. The Bertz CT molecular complexity index is 350. The highest BCUT2D eigenvalue weighted by Gasteiger charge is 2.18. The Morgan fingerprint density at radius 2 is 1.75 bits per heavy atom. The molecule has 1 saturated heterocycles. The molecule has 88 valence electrons. The molecule has 0 bridgehead atoms. The van der Waals surface area contributed by atoms with Crippen molar-refractivity contribution in [2.75, 3.05) is 31.2 Å². The molecule has 0 atom stereocenters. The molecule has 16 heavy (non-hydrogen) atoms. The van der Waals surface area contributed by atoms with Crippen LogP contribution in [-0.4, -0.2) is 36.5 Å². The number of ether oxygens (including phenoxy) is 1.